The van der Waals surface area contributed by atoms with Gasteiger partial charge in [0.05, 0.1) is 33.0 Å². The van der Waals surface area contributed by atoms with Crippen LogP contribution >= 0.6 is 7.75 Å². The van der Waals surface area contributed by atoms with Gasteiger partial charge in [-0.25, -0.2) is 14.5 Å². The summed E-state index contributed by atoms with van der Waals surface area (Å²) in [6, 6.07) is 11.8. The highest BCUT2D eigenvalue weighted by molar-refractivity contribution is 7.52. The second-order valence-corrected chi connectivity index (χ2v) is 10.5. The number of imidazole rings is 1. The monoisotopic (exact) mass is 571 g/mol. The Hall–Kier alpha value is -4.10. The van der Waals surface area contributed by atoms with Crippen molar-refractivity contribution in [3.8, 4) is 5.75 Å². The summed E-state index contributed by atoms with van der Waals surface area (Å²) < 4.78 is 37.1. The number of carbonyl (C=O) groups excluding carboxylic acids is 1. The summed E-state index contributed by atoms with van der Waals surface area (Å²) in [4.78, 5) is 41.1. The van der Waals surface area contributed by atoms with Crippen LogP contribution in [0.4, 0.5) is 5.95 Å². The molecule has 15 heteroatoms. The third-order valence-electron chi connectivity index (χ3n) is 5.47. The lowest BCUT2D eigenvalue weighted by Crippen LogP contribution is -2.34. The van der Waals surface area contributed by atoms with Crippen molar-refractivity contribution in [2.45, 2.75) is 19.7 Å². The maximum Gasteiger partial charge on any atom is 0.459 e. The number of fused-ring (bicyclic) bond motifs is 2. The Bertz CT molecular complexity index is 1610. The van der Waals surface area contributed by atoms with Crippen LogP contribution in [0.1, 0.15) is 6.92 Å². The molecule has 0 bridgehead atoms. The summed E-state index contributed by atoms with van der Waals surface area (Å²) in [5.74, 6) is -0.195. The zero-order chi connectivity index (χ0) is 28.7. The highest BCUT2D eigenvalue weighted by atomic mass is 31.2. The first-order valence-corrected chi connectivity index (χ1v) is 13.7. The van der Waals surface area contributed by atoms with Gasteiger partial charge in [0.15, 0.2) is 11.2 Å². The minimum Gasteiger partial charge on any atom is -0.468 e. The van der Waals surface area contributed by atoms with E-state index in [1.165, 1.54) is 31.3 Å². The quantitative estimate of drug-likeness (QED) is 0.0798. The number of aliphatic imine (C=N–C) groups is 1. The zero-order valence-electron chi connectivity index (χ0n) is 22.4. The molecular weight excluding hydrogens is 541 g/mol. The van der Waals surface area contributed by atoms with Crippen molar-refractivity contribution in [1.82, 2.24) is 29.5 Å². The molecule has 0 amide bonds. The molecule has 0 aliphatic rings. The fourth-order valence-corrected chi connectivity index (χ4v) is 5.10. The normalized spacial score (nSPS) is 13.9. The number of hydrogen-bond acceptors (Lipinski definition) is 10. The van der Waals surface area contributed by atoms with Crippen molar-refractivity contribution in [2.75, 3.05) is 34.4 Å². The number of methoxy groups -OCH3 is 1. The first kappa shape index (κ1) is 28.9. The van der Waals surface area contributed by atoms with Gasteiger partial charge < -0.3 is 18.9 Å². The second kappa shape index (κ2) is 12.8. The molecule has 0 aliphatic carbocycles. The molecule has 2 aromatic heterocycles. The van der Waals surface area contributed by atoms with Crippen molar-refractivity contribution in [2.24, 2.45) is 4.99 Å². The average molecular weight is 572 g/mol. The highest BCUT2D eigenvalue weighted by Gasteiger charge is 2.32. The van der Waals surface area contributed by atoms with E-state index in [9.17, 15) is 14.2 Å². The molecule has 4 aromatic rings. The number of H-pyrrole nitrogens is 1. The summed E-state index contributed by atoms with van der Waals surface area (Å²) in [5, 5.41) is 4.22. The average Bonchev–Trinajstić information content (AvgIpc) is 3.34. The van der Waals surface area contributed by atoms with Gasteiger partial charge in [-0.15, -0.1) is 0 Å². The maximum atomic E-state index is 13.7. The minimum atomic E-state index is -4.06. The predicted octanol–water partition coefficient (Wildman–Crippen LogP) is 2.82. The molecule has 0 radical (unpaired) electrons. The smallest absolute Gasteiger partial charge is 0.459 e. The molecule has 0 spiro atoms. The number of hydrogen-bond donors (Lipinski definition) is 2. The molecule has 0 fully saturated rings. The van der Waals surface area contributed by atoms with Crippen LogP contribution in [0.5, 0.6) is 5.75 Å². The standard InChI is InChI=1S/C25H30N7O7P/c1-17(24(34)36-4)30-40(35,39-20-11-7-9-18-8-5-6-10-19(18)20)38-13-12-37-16-32-15-26-21-22(32)28-25(29-23(21)33)27-14-31(2)3/h5-11,14-15,17H,12-13,16H2,1-4H3,(H,30,35)(H,28,29,33)/b27-14+/t17-,40?/m0/s1. The Morgan fingerprint density at radius 3 is 2.77 bits per heavy atom. The number of esters is 1. The fourth-order valence-electron chi connectivity index (χ4n) is 3.61. The first-order valence-electron chi connectivity index (χ1n) is 12.2. The molecule has 14 nitrogen and oxygen atoms in total. The van der Waals surface area contributed by atoms with E-state index in [0.717, 1.165) is 10.8 Å². The molecule has 2 heterocycles. The molecule has 212 valence electrons. The van der Waals surface area contributed by atoms with Gasteiger partial charge in [0.2, 0.25) is 5.95 Å². The van der Waals surface area contributed by atoms with E-state index in [-0.39, 0.29) is 37.1 Å². The number of nitrogens with zero attached hydrogens (tertiary/aromatic N) is 5. The summed E-state index contributed by atoms with van der Waals surface area (Å²) >= 11 is 0. The third-order valence-corrected chi connectivity index (χ3v) is 7.13. The van der Waals surface area contributed by atoms with Gasteiger partial charge in [-0.05, 0) is 18.4 Å². The number of nitrogens with one attached hydrogen (secondary N) is 2. The second-order valence-electron chi connectivity index (χ2n) is 8.79. The Labute approximate surface area is 229 Å². The lowest BCUT2D eigenvalue weighted by Gasteiger charge is -2.23. The van der Waals surface area contributed by atoms with Gasteiger partial charge in [-0.3, -0.25) is 23.7 Å². The Balaban J connectivity index is 1.43. The third kappa shape index (κ3) is 7.10. The van der Waals surface area contributed by atoms with Crippen LogP contribution in [0.3, 0.4) is 0 Å². The molecule has 2 atom stereocenters. The van der Waals surface area contributed by atoms with E-state index >= 15 is 0 Å². The Kier molecular flexibility index (Phi) is 9.27. The van der Waals surface area contributed by atoms with Gasteiger partial charge >= 0.3 is 13.7 Å². The first-order chi connectivity index (χ1) is 19.2. The van der Waals surface area contributed by atoms with Crippen LogP contribution in [-0.4, -0.2) is 77.2 Å². The SMILES string of the molecule is COC(=O)[C@H](C)NP(=O)(OCCOCn1cnc2c(=O)[nH]c(/N=C/N(C)C)nc21)Oc1cccc2ccccc12. The number of aromatic nitrogens is 4. The molecule has 2 aromatic carbocycles. The van der Waals surface area contributed by atoms with Crippen molar-refractivity contribution < 1.29 is 27.9 Å². The molecule has 40 heavy (non-hydrogen) atoms. The van der Waals surface area contributed by atoms with Crippen molar-refractivity contribution in [3.05, 3.63) is 59.1 Å². The molecule has 1 unspecified atom stereocenters. The summed E-state index contributed by atoms with van der Waals surface area (Å²) in [6.45, 7) is 1.31. The van der Waals surface area contributed by atoms with E-state index in [1.807, 2.05) is 30.3 Å². The van der Waals surface area contributed by atoms with Crippen molar-refractivity contribution in [1.29, 1.82) is 0 Å². The van der Waals surface area contributed by atoms with Crippen LogP contribution in [-0.2, 0) is 30.1 Å². The van der Waals surface area contributed by atoms with Gasteiger partial charge in [0, 0.05) is 19.5 Å². The Morgan fingerprint density at radius 2 is 2.00 bits per heavy atom. The van der Waals surface area contributed by atoms with Gasteiger partial charge in [0.25, 0.3) is 5.56 Å². The molecule has 4 rings (SSSR count). The van der Waals surface area contributed by atoms with Crippen LogP contribution in [0, 0.1) is 0 Å². The van der Waals surface area contributed by atoms with Gasteiger partial charge in [0.1, 0.15) is 18.5 Å². The number of carbonyl (C=O) groups is 1. The number of ether oxygens (including phenoxy) is 2. The largest absolute Gasteiger partial charge is 0.468 e. The summed E-state index contributed by atoms with van der Waals surface area (Å²) in [5.41, 5.74) is -0.0120. The molecule has 0 saturated carbocycles. The Morgan fingerprint density at radius 1 is 1.23 bits per heavy atom. The summed E-state index contributed by atoms with van der Waals surface area (Å²) in [6.07, 6.45) is 2.92. The lowest BCUT2D eigenvalue weighted by molar-refractivity contribution is -0.142. The van der Waals surface area contributed by atoms with Gasteiger partial charge in [-0.1, -0.05) is 36.4 Å². The number of benzene rings is 2. The highest BCUT2D eigenvalue weighted by Crippen LogP contribution is 2.46. The van der Waals surface area contributed by atoms with E-state index in [0.29, 0.717) is 5.75 Å². The number of rotatable bonds is 13. The predicted molar refractivity (Wildman–Crippen MR) is 149 cm³/mol. The fraction of sp³-hybridized carbons (Fsp3) is 0.320. The topological polar surface area (TPSA) is 162 Å². The zero-order valence-corrected chi connectivity index (χ0v) is 23.3. The van der Waals surface area contributed by atoms with E-state index in [1.54, 1.807) is 31.1 Å². The maximum absolute atomic E-state index is 13.7. The van der Waals surface area contributed by atoms with Crippen LogP contribution in [0.2, 0.25) is 0 Å². The van der Waals surface area contributed by atoms with E-state index in [2.05, 4.69) is 25.0 Å². The van der Waals surface area contributed by atoms with E-state index < -0.39 is 25.3 Å². The summed E-state index contributed by atoms with van der Waals surface area (Å²) in [7, 11) is 0.742. The lowest BCUT2D eigenvalue weighted by atomic mass is 10.1. The minimum absolute atomic E-state index is 0.00826. The van der Waals surface area contributed by atoms with Crippen molar-refractivity contribution in [3.63, 3.8) is 0 Å². The molecule has 2 N–H and O–H groups in total. The van der Waals surface area contributed by atoms with Crippen molar-refractivity contribution >= 4 is 47.9 Å². The molecular formula is C25H30N7O7P. The number of aromatic amines is 1. The van der Waals surface area contributed by atoms with Crippen LogP contribution in [0.25, 0.3) is 21.9 Å². The van der Waals surface area contributed by atoms with Crippen LogP contribution < -0.4 is 15.2 Å². The van der Waals surface area contributed by atoms with Gasteiger partial charge in [-0.2, -0.15) is 10.1 Å². The van der Waals surface area contributed by atoms with E-state index in [4.69, 9.17) is 18.5 Å². The molecule has 0 saturated heterocycles. The van der Waals surface area contributed by atoms with Crippen LogP contribution in [0.15, 0.2) is 58.6 Å². The molecule has 0 aliphatic heterocycles.